The molecule has 1 unspecified atom stereocenters. The summed E-state index contributed by atoms with van der Waals surface area (Å²) in [5.41, 5.74) is -0.959. The summed E-state index contributed by atoms with van der Waals surface area (Å²) in [5, 5.41) is 11.9. The van der Waals surface area contributed by atoms with Crippen LogP contribution in [0, 0.1) is 0 Å². The van der Waals surface area contributed by atoms with Gasteiger partial charge in [0.25, 0.3) is 0 Å². The molecule has 1 atom stereocenters. The van der Waals surface area contributed by atoms with E-state index in [9.17, 15) is 4.79 Å². The molecule has 0 aliphatic heterocycles. The maximum atomic E-state index is 11.0. The number of nitrogens with one attached hydrogen (secondary N) is 1. The number of aryl methyl sites for hydroxylation is 1. The molecule has 5 nitrogen and oxygen atoms in total. The van der Waals surface area contributed by atoms with E-state index in [-0.39, 0.29) is 0 Å². The number of rotatable bonds is 4. The fourth-order valence-corrected chi connectivity index (χ4v) is 1.03. The molecule has 14 heavy (non-hydrogen) atoms. The van der Waals surface area contributed by atoms with E-state index in [0.29, 0.717) is 12.4 Å². The molecule has 0 amide bonds. The van der Waals surface area contributed by atoms with Gasteiger partial charge in [-0.25, -0.2) is 9.78 Å². The van der Waals surface area contributed by atoms with Crippen molar-refractivity contribution in [1.29, 1.82) is 0 Å². The van der Waals surface area contributed by atoms with Gasteiger partial charge in [0.05, 0.1) is 0 Å². The highest BCUT2D eigenvalue weighted by molar-refractivity contribution is 5.81. The summed E-state index contributed by atoms with van der Waals surface area (Å²) in [6.45, 7) is 3.47. The lowest BCUT2D eigenvalue weighted by molar-refractivity contribution is -0.141. The van der Waals surface area contributed by atoms with Gasteiger partial charge < -0.3 is 15.0 Å². The Morgan fingerprint density at radius 3 is 2.79 bits per heavy atom. The molecule has 1 heterocycles. The monoisotopic (exact) mass is 197 g/mol. The summed E-state index contributed by atoms with van der Waals surface area (Å²) in [6.07, 6.45) is 3.88. The Morgan fingerprint density at radius 2 is 2.43 bits per heavy atom. The van der Waals surface area contributed by atoms with Gasteiger partial charge in [-0.15, -0.1) is 0 Å². The molecule has 0 aliphatic carbocycles. The normalized spacial score (nSPS) is 14.8. The predicted molar refractivity (Wildman–Crippen MR) is 53.2 cm³/mol. The zero-order valence-electron chi connectivity index (χ0n) is 8.61. The number of aliphatic carboxylic acids is 1. The summed E-state index contributed by atoms with van der Waals surface area (Å²) in [4.78, 5) is 15.0. The van der Waals surface area contributed by atoms with Crippen LogP contribution in [0.4, 0.5) is 5.95 Å². The number of anilines is 1. The van der Waals surface area contributed by atoms with Crippen LogP contribution in [0.25, 0.3) is 0 Å². The maximum Gasteiger partial charge on any atom is 0.329 e. The van der Waals surface area contributed by atoms with E-state index in [2.05, 4.69) is 10.3 Å². The van der Waals surface area contributed by atoms with Gasteiger partial charge in [-0.1, -0.05) is 6.92 Å². The molecule has 5 heteroatoms. The first kappa shape index (κ1) is 10.6. The minimum Gasteiger partial charge on any atom is -0.480 e. The highest BCUT2D eigenvalue weighted by Crippen LogP contribution is 2.16. The number of hydrogen-bond donors (Lipinski definition) is 2. The van der Waals surface area contributed by atoms with Gasteiger partial charge in [0.1, 0.15) is 5.54 Å². The average Bonchev–Trinajstić information content (AvgIpc) is 2.51. The minimum atomic E-state index is -0.959. The predicted octanol–water partition coefficient (Wildman–Crippen LogP) is 1.09. The number of hydrogen-bond acceptors (Lipinski definition) is 3. The van der Waals surface area contributed by atoms with Gasteiger partial charge in [0.2, 0.25) is 5.95 Å². The summed E-state index contributed by atoms with van der Waals surface area (Å²) in [5.74, 6) is -0.306. The van der Waals surface area contributed by atoms with Crippen LogP contribution in [0.2, 0.25) is 0 Å². The Balaban J connectivity index is 2.86. The summed E-state index contributed by atoms with van der Waals surface area (Å²) in [7, 11) is 1.81. The van der Waals surface area contributed by atoms with Crippen LogP contribution < -0.4 is 5.32 Å². The molecule has 0 saturated heterocycles. The van der Waals surface area contributed by atoms with Gasteiger partial charge in [0.15, 0.2) is 0 Å². The van der Waals surface area contributed by atoms with Crippen LogP contribution in [0.3, 0.4) is 0 Å². The van der Waals surface area contributed by atoms with Crippen molar-refractivity contribution in [2.24, 2.45) is 7.05 Å². The molecule has 0 fully saturated rings. The largest absolute Gasteiger partial charge is 0.480 e. The lowest BCUT2D eigenvalue weighted by Gasteiger charge is -2.24. The van der Waals surface area contributed by atoms with Gasteiger partial charge in [-0.2, -0.15) is 0 Å². The van der Waals surface area contributed by atoms with Crippen molar-refractivity contribution in [2.75, 3.05) is 5.32 Å². The smallest absolute Gasteiger partial charge is 0.329 e. The molecule has 2 N–H and O–H groups in total. The topological polar surface area (TPSA) is 67.2 Å². The Bertz CT molecular complexity index is 335. The van der Waals surface area contributed by atoms with Crippen LogP contribution in [-0.2, 0) is 11.8 Å². The first-order valence-electron chi connectivity index (χ1n) is 4.48. The second-order valence-electron chi connectivity index (χ2n) is 3.48. The summed E-state index contributed by atoms with van der Waals surface area (Å²) in [6, 6.07) is 0. The van der Waals surface area contributed by atoms with Crippen molar-refractivity contribution < 1.29 is 9.90 Å². The van der Waals surface area contributed by atoms with Crippen LogP contribution in [0.15, 0.2) is 12.4 Å². The lowest BCUT2D eigenvalue weighted by Crippen LogP contribution is -2.43. The number of nitrogens with zero attached hydrogens (tertiary/aromatic N) is 2. The molecule has 1 rings (SSSR count). The number of carbonyl (C=O) groups is 1. The Labute approximate surface area is 82.8 Å². The molecular weight excluding hydrogens is 182 g/mol. The van der Waals surface area contributed by atoms with E-state index in [1.807, 2.05) is 14.0 Å². The van der Waals surface area contributed by atoms with Gasteiger partial charge in [-0.05, 0) is 13.3 Å². The SMILES string of the molecule is CCC(C)(Nc1nccn1C)C(=O)O. The van der Waals surface area contributed by atoms with Crippen molar-refractivity contribution in [3.8, 4) is 0 Å². The Morgan fingerprint density at radius 1 is 1.79 bits per heavy atom. The molecule has 1 aromatic heterocycles. The third-order valence-electron chi connectivity index (χ3n) is 2.39. The van der Waals surface area contributed by atoms with E-state index in [0.717, 1.165) is 0 Å². The summed E-state index contributed by atoms with van der Waals surface area (Å²) >= 11 is 0. The van der Waals surface area contributed by atoms with Gasteiger partial charge in [0, 0.05) is 19.4 Å². The average molecular weight is 197 g/mol. The lowest BCUT2D eigenvalue weighted by atomic mass is 10.00. The second kappa shape index (κ2) is 3.69. The zero-order chi connectivity index (χ0) is 10.8. The third kappa shape index (κ3) is 1.86. The Kier molecular flexibility index (Phi) is 2.78. The molecule has 0 radical (unpaired) electrons. The first-order valence-corrected chi connectivity index (χ1v) is 4.48. The first-order chi connectivity index (χ1) is 6.49. The number of carboxylic acid groups (broad SMARTS) is 1. The minimum absolute atomic E-state index is 0.495. The van der Waals surface area contributed by atoms with E-state index in [1.54, 1.807) is 23.9 Å². The molecule has 0 spiro atoms. The van der Waals surface area contributed by atoms with E-state index in [4.69, 9.17) is 5.11 Å². The van der Waals surface area contributed by atoms with E-state index >= 15 is 0 Å². The number of carboxylic acids is 1. The molecule has 0 aromatic carbocycles. The maximum absolute atomic E-state index is 11.0. The molecular formula is C9H15N3O2. The van der Waals surface area contributed by atoms with Crippen molar-refractivity contribution >= 4 is 11.9 Å². The molecule has 1 aromatic rings. The van der Waals surface area contributed by atoms with Crippen molar-refractivity contribution in [3.05, 3.63) is 12.4 Å². The molecule has 0 saturated carbocycles. The molecule has 0 aliphatic rings. The van der Waals surface area contributed by atoms with Crippen molar-refractivity contribution in [3.63, 3.8) is 0 Å². The van der Waals surface area contributed by atoms with Crippen LogP contribution in [-0.4, -0.2) is 26.2 Å². The highest BCUT2D eigenvalue weighted by Gasteiger charge is 2.31. The fourth-order valence-electron chi connectivity index (χ4n) is 1.03. The zero-order valence-corrected chi connectivity index (χ0v) is 8.61. The van der Waals surface area contributed by atoms with E-state index in [1.165, 1.54) is 0 Å². The van der Waals surface area contributed by atoms with E-state index < -0.39 is 11.5 Å². The van der Waals surface area contributed by atoms with Gasteiger partial charge >= 0.3 is 5.97 Å². The van der Waals surface area contributed by atoms with Crippen molar-refractivity contribution in [1.82, 2.24) is 9.55 Å². The standard InChI is InChI=1S/C9H15N3O2/c1-4-9(2,7(13)14)11-8-10-5-6-12(8)3/h5-6H,4H2,1-3H3,(H,10,11)(H,13,14). The van der Waals surface area contributed by atoms with Gasteiger partial charge in [-0.3, -0.25) is 0 Å². The third-order valence-corrected chi connectivity index (χ3v) is 2.39. The highest BCUT2D eigenvalue weighted by atomic mass is 16.4. The van der Waals surface area contributed by atoms with Crippen LogP contribution in [0.1, 0.15) is 20.3 Å². The molecule has 78 valence electrons. The Hall–Kier alpha value is -1.52. The summed E-state index contributed by atoms with van der Waals surface area (Å²) < 4.78 is 1.75. The van der Waals surface area contributed by atoms with Crippen LogP contribution in [0.5, 0.6) is 0 Å². The molecule has 0 bridgehead atoms. The number of imidazole rings is 1. The van der Waals surface area contributed by atoms with Crippen LogP contribution >= 0.6 is 0 Å². The number of aromatic nitrogens is 2. The quantitative estimate of drug-likeness (QED) is 0.758. The second-order valence-corrected chi connectivity index (χ2v) is 3.48. The van der Waals surface area contributed by atoms with Crippen molar-refractivity contribution in [2.45, 2.75) is 25.8 Å². The fraction of sp³-hybridized carbons (Fsp3) is 0.556.